The SMILES string of the molecule is Cc1cc(C)c2c(N)nc(NC3CCNC3)nc2n1. The van der Waals surface area contributed by atoms with Crippen LogP contribution in [0.2, 0.25) is 0 Å². The number of nitrogen functional groups attached to an aromatic ring is 1. The molecule has 0 bridgehead atoms. The van der Waals surface area contributed by atoms with Gasteiger partial charge in [-0.3, -0.25) is 0 Å². The number of hydrogen-bond donors (Lipinski definition) is 3. The molecule has 6 nitrogen and oxygen atoms in total. The zero-order valence-corrected chi connectivity index (χ0v) is 11.2. The zero-order valence-electron chi connectivity index (χ0n) is 11.2. The van der Waals surface area contributed by atoms with Crippen LogP contribution in [-0.4, -0.2) is 34.1 Å². The van der Waals surface area contributed by atoms with Crippen molar-refractivity contribution in [2.75, 3.05) is 24.1 Å². The Kier molecular flexibility index (Phi) is 2.94. The highest BCUT2D eigenvalue weighted by atomic mass is 15.2. The average Bonchev–Trinajstić information content (AvgIpc) is 2.79. The van der Waals surface area contributed by atoms with Crippen molar-refractivity contribution in [1.29, 1.82) is 0 Å². The number of nitrogens with zero attached hydrogens (tertiary/aromatic N) is 3. The first kappa shape index (κ1) is 12.1. The fraction of sp³-hybridized carbons (Fsp3) is 0.462. The number of nitrogens with two attached hydrogens (primary N) is 1. The minimum atomic E-state index is 0.364. The summed E-state index contributed by atoms with van der Waals surface area (Å²) in [6, 6.07) is 2.36. The smallest absolute Gasteiger partial charge is 0.226 e. The van der Waals surface area contributed by atoms with Crippen molar-refractivity contribution in [2.45, 2.75) is 26.3 Å². The maximum atomic E-state index is 6.04. The summed E-state index contributed by atoms with van der Waals surface area (Å²) in [6.07, 6.45) is 1.07. The molecule has 0 aliphatic carbocycles. The van der Waals surface area contributed by atoms with Gasteiger partial charge in [0.1, 0.15) is 5.82 Å². The maximum Gasteiger partial charge on any atom is 0.226 e. The van der Waals surface area contributed by atoms with Crippen LogP contribution < -0.4 is 16.4 Å². The lowest BCUT2D eigenvalue weighted by Crippen LogP contribution is -2.23. The fourth-order valence-corrected chi connectivity index (χ4v) is 2.53. The van der Waals surface area contributed by atoms with Crippen molar-refractivity contribution in [3.63, 3.8) is 0 Å². The van der Waals surface area contributed by atoms with E-state index in [1.54, 1.807) is 0 Å². The molecule has 100 valence electrons. The van der Waals surface area contributed by atoms with E-state index in [2.05, 4.69) is 25.6 Å². The van der Waals surface area contributed by atoms with E-state index in [-0.39, 0.29) is 0 Å². The zero-order chi connectivity index (χ0) is 13.4. The minimum Gasteiger partial charge on any atom is -0.383 e. The highest BCUT2D eigenvalue weighted by molar-refractivity contribution is 5.89. The van der Waals surface area contributed by atoms with Crippen molar-refractivity contribution in [1.82, 2.24) is 20.3 Å². The standard InChI is InChI=1S/C13H18N6/c1-7-5-8(2)16-12-10(7)11(14)18-13(19-12)17-9-3-4-15-6-9/h5,9,15H,3-4,6H2,1-2H3,(H3,14,16,17,18,19). The second-order valence-corrected chi connectivity index (χ2v) is 5.05. The Hall–Kier alpha value is -1.95. The summed E-state index contributed by atoms with van der Waals surface area (Å²) < 4.78 is 0. The molecule has 0 aromatic carbocycles. The van der Waals surface area contributed by atoms with Crippen LogP contribution in [0.4, 0.5) is 11.8 Å². The fourth-order valence-electron chi connectivity index (χ4n) is 2.53. The molecule has 3 rings (SSSR count). The van der Waals surface area contributed by atoms with Crippen LogP contribution in [0.3, 0.4) is 0 Å². The predicted molar refractivity (Wildman–Crippen MR) is 76.1 cm³/mol. The number of pyridine rings is 1. The van der Waals surface area contributed by atoms with E-state index >= 15 is 0 Å². The summed E-state index contributed by atoms with van der Waals surface area (Å²) in [5, 5.41) is 7.45. The lowest BCUT2D eigenvalue weighted by Gasteiger charge is -2.13. The third-order valence-corrected chi connectivity index (χ3v) is 3.41. The molecule has 1 unspecified atom stereocenters. The first-order valence-electron chi connectivity index (χ1n) is 6.52. The van der Waals surface area contributed by atoms with Gasteiger partial charge in [0.2, 0.25) is 5.95 Å². The quantitative estimate of drug-likeness (QED) is 0.744. The van der Waals surface area contributed by atoms with Crippen LogP contribution in [0.15, 0.2) is 6.07 Å². The Morgan fingerprint density at radius 3 is 2.89 bits per heavy atom. The van der Waals surface area contributed by atoms with Gasteiger partial charge in [-0.2, -0.15) is 9.97 Å². The van der Waals surface area contributed by atoms with Gasteiger partial charge in [0.15, 0.2) is 5.65 Å². The van der Waals surface area contributed by atoms with E-state index < -0.39 is 0 Å². The predicted octanol–water partition coefficient (Wildman–Crippen LogP) is 0.998. The Labute approximate surface area is 111 Å². The third kappa shape index (κ3) is 2.31. The van der Waals surface area contributed by atoms with Crippen molar-refractivity contribution in [3.8, 4) is 0 Å². The highest BCUT2D eigenvalue weighted by Crippen LogP contribution is 2.23. The molecule has 2 aromatic heterocycles. The monoisotopic (exact) mass is 258 g/mol. The van der Waals surface area contributed by atoms with E-state index in [4.69, 9.17) is 5.73 Å². The second-order valence-electron chi connectivity index (χ2n) is 5.05. The van der Waals surface area contributed by atoms with E-state index in [9.17, 15) is 0 Å². The number of anilines is 2. The number of fused-ring (bicyclic) bond motifs is 1. The maximum absolute atomic E-state index is 6.04. The van der Waals surface area contributed by atoms with Gasteiger partial charge in [-0.15, -0.1) is 0 Å². The summed E-state index contributed by atoms with van der Waals surface area (Å²) in [5.41, 5.74) is 8.71. The number of aryl methyl sites for hydroxylation is 2. The number of nitrogens with one attached hydrogen (secondary N) is 2. The van der Waals surface area contributed by atoms with Crippen LogP contribution in [0.1, 0.15) is 17.7 Å². The lowest BCUT2D eigenvalue weighted by atomic mass is 10.1. The third-order valence-electron chi connectivity index (χ3n) is 3.41. The van der Waals surface area contributed by atoms with Crippen LogP contribution in [-0.2, 0) is 0 Å². The van der Waals surface area contributed by atoms with E-state index in [0.29, 0.717) is 23.5 Å². The Balaban J connectivity index is 2.02. The van der Waals surface area contributed by atoms with Crippen LogP contribution in [0.25, 0.3) is 11.0 Å². The van der Waals surface area contributed by atoms with Crippen LogP contribution >= 0.6 is 0 Å². The van der Waals surface area contributed by atoms with Gasteiger partial charge < -0.3 is 16.4 Å². The van der Waals surface area contributed by atoms with Gasteiger partial charge >= 0.3 is 0 Å². The van der Waals surface area contributed by atoms with E-state index in [0.717, 1.165) is 36.2 Å². The minimum absolute atomic E-state index is 0.364. The number of rotatable bonds is 2. The molecule has 0 spiro atoms. The lowest BCUT2D eigenvalue weighted by molar-refractivity contribution is 0.782. The molecule has 1 aliphatic heterocycles. The van der Waals surface area contributed by atoms with Gasteiger partial charge in [0.05, 0.1) is 5.39 Å². The molecule has 1 fully saturated rings. The summed E-state index contributed by atoms with van der Waals surface area (Å²) in [4.78, 5) is 13.3. The van der Waals surface area contributed by atoms with Gasteiger partial charge in [-0.05, 0) is 38.4 Å². The summed E-state index contributed by atoms with van der Waals surface area (Å²) >= 11 is 0. The molecule has 4 N–H and O–H groups in total. The normalized spacial score (nSPS) is 18.9. The first-order chi connectivity index (χ1) is 9.13. The Morgan fingerprint density at radius 1 is 1.32 bits per heavy atom. The van der Waals surface area contributed by atoms with Crippen molar-refractivity contribution < 1.29 is 0 Å². The largest absolute Gasteiger partial charge is 0.383 e. The first-order valence-corrected chi connectivity index (χ1v) is 6.52. The van der Waals surface area contributed by atoms with Crippen LogP contribution in [0, 0.1) is 13.8 Å². The molecule has 1 saturated heterocycles. The van der Waals surface area contributed by atoms with Crippen LogP contribution in [0.5, 0.6) is 0 Å². The van der Waals surface area contributed by atoms with Crippen molar-refractivity contribution in [2.24, 2.45) is 0 Å². The molecule has 1 atom stereocenters. The molecule has 1 aliphatic rings. The van der Waals surface area contributed by atoms with Crippen molar-refractivity contribution >= 4 is 22.8 Å². The van der Waals surface area contributed by atoms with Gasteiger partial charge in [0, 0.05) is 18.3 Å². The summed E-state index contributed by atoms with van der Waals surface area (Å²) in [7, 11) is 0. The topological polar surface area (TPSA) is 88.8 Å². The molecule has 0 radical (unpaired) electrons. The average molecular weight is 258 g/mol. The summed E-state index contributed by atoms with van der Waals surface area (Å²) in [6.45, 7) is 5.92. The second kappa shape index (κ2) is 4.62. The molecule has 0 amide bonds. The van der Waals surface area contributed by atoms with Gasteiger partial charge in [-0.25, -0.2) is 4.98 Å². The number of aromatic nitrogens is 3. The molecular formula is C13H18N6. The molecule has 19 heavy (non-hydrogen) atoms. The molecular weight excluding hydrogens is 240 g/mol. The molecule has 2 aromatic rings. The molecule has 3 heterocycles. The van der Waals surface area contributed by atoms with Gasteiger partial charge in [-0.1, -0.05) is 0 Å². The Bertz CT molecular complexity index is 618. The Morgan fingerprint density at radius 2 is 2.16 bits per heavy atom. The highest BCUT2D eigenvalue weighted by Gasteiger charge is 2.16. The van der Waals surface area contributed by atoms with Crippen molar-refractivity contribution in [3.05, 3.63) is 17.3 Å². The van der Waals surface area contributed by atoms with E-state index in [1.165, 1.54) is 0 Å². The number of hydrogen-bond acceptors (Lipinski definition) is 6. The molecule has 0 saturated carbocycles. The molecule has 6 heteroatoms. The van der Waals surface area contributed by atoms with E-state index in [1.807, 2.05) is 19.9 Å². The van der Waals surface area contributed by atoms with Gasteiger partial charge in [0.25, 0.3) is 0 Å². The summed E-state index contributed by atoms with van der Waals surface area (Å²) in [5.74, 6) is 1.06.